The SMILES string of the molecule is CCCc1nc(SCC(=O)NCC(=O)Nc2ccc(F)c(F)c2)n[nH]1. The maximum atomic E-state index is 13.0. The van der Waals surface area contributed by atoms with Gasteiger partial charge >= 0.3 is 0 Å². The standard InChI is InChI=1S/C15H17F2N5O2S/c1-2-3-12-20-15(22-21-12)25-8-14(24)18-7-13(23)19-9-4-5-10(16)11(17)6-9/h4-6H,2-3,7-8H2,1H3,(H,18,24)(H,19,23)(H,20,21,22). The summed E-state index contributed by atoms with van der Waals surface area (Å²) in [6, 6.07) is 3.00. The Kier molecular flexibility index (Phi) is 6.87. The van der Waals surface area contributed by atoms with Crippen molar-refractivity contribution in [2.75, 3.05) is 17.6 Å². The summed E-state index contributed by atoms with van der Waals surface area (Å²) in [4.78, 5) is 27.6. The number of aryl methyl sites for hydroxylation is 1. The average Bonchev–Trinajstić information content (AvgIpc) is 3.02. The monoisotopic (exact) mass is 369 g/mol. The number of benzene rings is 1. The van der Waals surface area contributed by atoms with Crippen LogP contribution in [0.1, 0.15) is 19.2 Å². The van der Waals surface area contributed by atoms with Gasteiger partial charge in [-0.05, 0) is 18.6 Å². The number of rotatable bonds is 8. The molecule has 25 heavy (non-hydrogen) atoms. The van der Waals surface area contributed by atoms with Crippen molar-refractivity contribution < 1.29 is 18.4 Å². The maximum Gasteiger partial charge on any atom is 0.243 e. The Morgan fingerprint density at radius 1 is 1.24 bits per heavy atom. The second-order valence-electron chi connectivity index (χ2n) is 5.06. The zero-order valence-electron chi connectivity index (χ0n) is 13.4. The smallest absolute Gasteiger partial charge is 0.243 e. The minimum atomic E-state index is -1.06. The summed E-state index contributed by atoms with van der Waals surface area (Å²) in [5.41, 5.74) is 0.108. The van der Waals surface area contributed by atoms with Gasteiger partial charge in [-0.15, -0.1) is 5.10 Å². The van der Waals surface area contributed by atoms with Crippen molar-refractivity contribution in [2.45, 2.75) is 24.9 Å². The van der Waals surface area contributed by atoms with E-state index in [0.29, 0.717) is 5.16 Å². The van der Waals surface area contributed by atoms with Crippen molar-refractivity contribution in [3.63, 3.8) is 0 Å². The largest absolute Gasteiger partial charge is 0.346 e. The summed E-state index contributed by atoms with van der Waals surface area (Å²) in [7, 11) is 0. The number of aromatic nitrogens is 3. The molecule has 0 saturated carbocycles. The molecule has 0 fully saturated rings. The van der Waals surface area contributed by atoms with E-state index in [-0.39, 0.29) is 23.9 Å². The minimum Gasteiger partial charge on any atom is -0.346 e. The van der Waals surface area contributed by atoms with Gasteiger partial charge in [0.2, 0.25) is 17.0 Å². The zero-order valence-corrected chi connectivity index (χ0v) is 14.3. The number of thioether (sulfide) groups is 1. The predicted molar refractivity (Wildman–Crippen MR) is 89.1 cm³/mol. The lowest BCUT2D eigenvalue weighted by Gasteiger charge is -2.07. The second-order valence-corrected chi connectivity index (χ2v) is 6.00. The summed E-state index contributed by atoms with van der Waals surface area (Å²) in [6.45, 7) is 1.74. The van der Waals surface area contributed by atoms with Crippen molar-refractivity contribution in [2.24, 2.45) is 0 Å². The van der Waals surface area contributed by atoms with Crippen LogP contribution in [-0.4, -0.2) is 39.3 Å². The van der Waals surface area contributed by atoms with Gasteiger partial charge in [0.05, 0.1) is 12.3 Å². The number of hydrogen-bond acceptors (Lipinski definition) is 5. The van der Waals surface area contributed by atoms with Crippen LogP contribution in [0, 0.1) is 11.6 Å². The molecule has 2 amide bonds. The molecule has 0 aliphatic rings. The Labute approximate surface area is 147 Å². The zero-order chi connectivity index (χ0) is 18.2. The first-order valence-electron chi connectivity index (χ1n) is 7.53. The molecule has 0 radical (unpaired) electrons. The third-order valence-corrected chi connectivity index (χ3v) is 3.83. The fourth-order valence-electron chi connectivity index (χ4n) is 1.83. The van der Waals surface area contributed by atoms with E-state index in [1.54, 1.807) is 0 Å². The van der Waals surface area contributed by atoms with Gasteiger partial charge in [-0.1, -0.05) is 18.7 Å². The van der Waals surface area contributed by atoms with Crippen LogP contribution in [0.15, 0.2) is 23.4 Å². The van der Waals surface area contributed by atoms with Crippen LogP contribution in [0.3, 0.4) is 0 Å². The van der Waals surface area contributed by atoms with Crippen molar-refractivity contribution >= 4 is 29.3 Å². The third kappa shape index (κ3) is 6.14. The molecule has 2 rings (SSSR count). The molecule has 0 spiro atoms. The summed E-state index contributed by atoms with van der Waals surface area (Å²) in [5.74, 6) is -2.16. The number of nitrogens with one attached hydrogen (secondary N) is 3. The quantitative estimate of drug-likeness (QED) is 0.617. The average molecular weight is 369 g/mol. The molecule has 7 nitrogen and oxygen atoms in total. The topological polar surface area (TPSA) is 99.8 Å². The van der Waals surface area contributed by atoms with Crippen LogP contribution in [0.5, 0.6) is 0 Å². The van der Waals surface area contributed by atoms with Crippen LogP contribution < -0.4 is 10.6 Å². The summed E-state index contributed by atoms with van der Waals surface area (Å²) < 4.78 is 25.8. The molecule has 0 saturated heterocycles. The molecule has 0 atom stereocenters. The van der Waals surface area contributed by atoms with Crippen molar-refractivity contribution in [3.05, 3.63) is 35.7 Å². The molecule has 0 aliphatic carbocycles. The Morgan fingerprint density at radius 2 is 2.04 bits per heavy atom. The highest BCUT2D eigenvalue weighted by Crippen LogP contribution is 2.13. The van der Waals surface area contributed by atoms with E-state index in [1.807, 2.05) is 6.92 Å². The van der Waals surface area contributed by atoms with Gasteiger partial charge in [-0.3, -0.25) is 14.7 Å². The lowest BCUT2D eigenvalue weighted by molar-refractivity contribution is -0.122. The summed E-state index contributed by atoms with van der Waals surface area (Å²) in [6.07, 6.45) is 1.72. The van der Waals surface area contributed by atoms with Crippen molar-refractivity contribution in [1.29, 1.82) is 0 Å². The van der Waals surface area contributed by atoms with Crippen LogP contribution >= 0.6 is 11.8 Å². The number of aromatic amines is 1. The lowest BCUT2D eigenvalue weighted by atomic mass is 10.3. The summed E-state index contributed by atoms with van der Waals surface area (Å²) in [5, 5.41) is 12.0. The van der Waals surface area contributed by atoms with E-state index in [4.69, 9.17) is 0 Å². The van der Waals surface area contributed by atoms with Gasteiger partial charge in [-0.25, -0.2) is 13.8 Å². The highest BCUT2D eigenvalue weighted by atomic mass is 32.2. The fourth-order valence-corrected chi connectivity index (χ4v) is 2.48. The van der Waals surface area contributed by atoms with Gasteiger partial charge in [0.25, 0.3) is 0 Å². The van der Waals surface area contributed by atoms with Gasteiger partial charge < -0.3 is 10.6 Å². The highest BCUT2D eigenvalue weighted by Gasteiger charge is 2.10. The molecule has 1 aromatic carbocycles. The molecular weight excluding hydrogens is 352 g/mol. The fraction of sp³-hybridized carbons (Fsp3) is 0.333. The Morgan fingerprint density at radius 3 is 2.76 bits per heavy atom. The molecule has 0 unspecified atom stereocenters. The first kappa shape index (κ1) is 18.8. The molecule has 0 aliphatic heterocycles. The Bertz CT molecular complexity index is 753. The second kappa shape index (κ2) is 9.11. The van der Waals surface area contributed by atoms with E-state index in [1.165, 1.54) is 6.07 Å². The molecule has 1 aromatic heterocycles. The number of halogens is 2. The number of nitrogens with zero attached hydrogens (tertiary/aromatic N) is 2. The molecule has 10 heteroatoms. The predicted octanol–water partition coefficient (Wildman–Crippen LogP) is 1.88. The van der Waals surface area contributed by atoms with Crippen molar-refractivity contribution in [1.82, 2.24) is 20.5 Å². The minimum absolute atomic E-state index is 0.0574. The van der Waals surface area contributed by atoms with Crippen LogP contribution in [0.4, 0.5) is 14.5 Å². The molecular formula is C15H17F2N5O2S. The summed E-state index contributed by atoms with van der Waals surface area (Å²) >= 11 is 1.15. The van der Waals surface area contributed by atoms with Crippen molar-refractivity contribution in [3.8, 4) is 0 Å². The lowest BCUT2D eigenvalue weighted by Crippen LogP contribution is -2.33. The van der Waals surface area contributed by atoms with Gasteiger partial charge in [-0.2, -0.15) is 0 Å². The normalized spacial score (nSPS) is 10.5. The molecule has 3 N–H and O–H groups in total. The van der Waals surface area contributed by atoms with Crippen LogP contribution in [0.2, 0.25) is 0 Å². The van der Waals surface area contributed by atoms with E-state index in [0.717, 1.165) is 42.6 Å². The van der Waals surface area contributed by atoms with Crippen LogP contribution in [-0.2, 0) is 16.0 Å². The number of H-pyrrole nitrogens is 1. The number of carbonyl (C=O) groups excluding carboxylic acids is 2. The number of anilines is 1. The molecule has 134 valence electrons. The molecule has 2 aromatic rings. The van der Waals surface area contributed by atoms with E-state index >= 15 is 0 Å². The van der Waals surface area contributed by atoms with E-state index in [9.17, 15) is 18.4 Å². The number of amides is 2. The maximum absolute atomic E-state index is 13.0. The first-order chi connectivity index (χ1) is 12.0. The Balaban J connectivity index is 1.71. The van der Waals surface area contributed by atoms with E-state index in [2.05, 4.69) is 25.8 Å². The van der Waals surface area contributed by atoms with E-state index < -0.39 is 17.5 Å². The van der Waals surface area contributed by atoms with Gasteiger partial charge in [0.1, 0.15) is 5.82 Å². The Hall–Kier alpha value is -2.49. The number of hydrogen-bond donors (Lipinski definition) is 3. The highest BCUT2D eigenvalue weighted by molar-refractivity contribution is 7.99. The molecule has 0 bridgehead atoms. The van der Waals surface area contributed by atoms with Gasteiger partial charge in [0, 0.05) is 18.2 Å². The van der Waals surface area contributed by atoms with Gasteiger partial charge in [0.15, 0.2) is 11.6 Å². The first-order valence-corrected chi connectivity index (χ1v) is 8.52. The molecule has 1 heterocycles. The third-order valence-electron chi connectivity index (χ3n) is 2.98. The van der Waals surface area contributed by atoms with Crippen LogP contribution in [0.25, 0.3) is 0 Å². The number of carbonyl (C=O) groups is 2.